The van der Waals surface area contributed by atoms with E-state index in [0.717, 1.165) is 11.3 Å². The van der Waals surface area contributed by atoms with Gasteiger partial charge in [-0.2, -0.15) is 0 Å². The van der Waals surface area contributed by atoms with Crippen molar-refractivity contribution in [3.05, 3.63) is 20.3 Å². The molecule has 1 unspecified atom stereocenters. The van der Waals surface area contributed by atoms with Gasteiger partial charge in [-0.15, -0.1) is 11.3 Å². The average Bonchev–Trinajstić information content (AvgIpc) is 2.55. The lowest BCUT2D eigenvalue weighted by Crippen LogP contribution is -2.40. The second-order valence-electron chi connectivity index (χ2n) is 3.27. The summed E-state index contributed by atoms with van der Waals surface area (Å²) in [5.74, 6) is -0.427. The van der Waals surface area contributed by atoms with Gasteiger partial charge in [-0.05, 0) is 13.0 Å². The Labute approximate surface area is 99.6 Å². The Morgan fingerprint density at radius 3 is 2.47 bits per heavy atom. The number of amides is 3. The van der Waals surface area contributed by atoms with Crippen molar-refractivity contribution in [1.82, 2.24) is 10.6 Å². The molecule has 1 aromatic heterocycles. The van der Waals surface area contributed by atoms with Gasteiger partial charge in [-0.25, -0.2) is 4.79 Å². The molecular weight excluding hydrogens is 259 g/mol. The molecule has 1 atom stereocenters. The Hall–Kier alpha value is -0.780. The highest BCUT2D eigenvalue weighted by molar-refractivity contribution is 7.20. The van der Waals surface area contributed by atoms with Gasteiger partial charge >= 0.3 is 6.03 Å². The van der Waals surface area contributed by atoms with Crippen LogP contribution in [-0.4, -0.2) is 11.9 Å². The van der Waals surface area contributed by atoms with Crippen molar-refractivity contribution in [1.29, 1.82) is 0 Å². The smallest absolute Gasteiger partial charge is 0.320 e. The van der Waals surface area contributed by atoms with Gasteiger partial charge in [0.1, 0.15) is 9.88 Å². The van der Waals surface area contributed by atoms with Crippen LogP contribution in [-0.2, 0) is 10.3 Å². The fourth-order valence-corrected chi connectivity index (χ4v) is 3.09. The Bertz CT molecular complexity index is 459. The zero-order chi connectivity index (χ0) is 11.2. The minimum atomic E-state index is -1.13. The van der Waals surface area contributed by atoms with E-state index < -0.39 is 17.5 Å². The van der Waals surface area contributed by atoms with Gasteiger partial charge < -0.3 is 5.32 Å². The Morgan fingerprint density at radius 1 is 1.40 bits per heavy atom. The number of nitrogens with one attached hydrogen (secondary N) is 2. The molecule has 7 heteroatoms. The van der Waals surface area contributed by atoms with Gasteiger partial charge in [0.05, 0.1) is 4.34 Å². The number of hydrogen-bond acceptors (Lipinski definition) is 3. The third-order valence-electron chi connectivity index (χ3n) is 2.24. The second kappa shape index (κ2) is 3.37. The third kappa shape index (κ3) is 1.60. The van der Waals surface area contributed by atoms with Crippen molar-refractivity contribution in [3.8, 4) is 0 Å². The fourth-order valence-electron chi connectivity index (χ4n) is 1.41. The topological polar surface area (TPSA) is 58.2 Å². The van der Waals surface area contributed by atoms with Crippen LogP contribution in [0.1, 0.15) is 12.5 Å². The monoisotopic (exact) mass is 264 g/mol. The van der Waals surface area contributed by atoms with Gasteiger partial charge in [0.25, 0.3) is 5.91 Å². The van der Waals surface area contributed by atoms with Crippen molar-refractivity contribution in [2.24, 2.45) is 0 Å². The van der Waals surface area contributed by atoms with E-state index in [1.807, 2.05) is 0 Å². The molecule has 0 saturated carbocycles. The first-order chi connectivity index (χ1) is 6.93. The Balaban J connectivity index is 2.50. The van der Waals surface area contributed by atoms with E-state index >= 15 is 0 Å². The van der Waals surface area contributed by atoms with Crippen molar-refractivity contribution in [3.63, 3.8) is 0 Å². The number of carbonyl (C=O) groups excluding carboxylic acids is 2. The summed E-state index contributed by atoms with van der Waals surface area (Å²) in [5.41, 5.74) is -0.611. The standard InChI is InChI=1S/C8H6Cl2N2O2S/c1-8(6(13)11-7(14)12-8)3-2-4(9)15-5(3)10/h2H,1H3,(H2,11,12,13,14). The molecule has 1 aliphatic heterocycles. The summed E-state index contributed by atoms with van der Waals surface area (Å²) in [6, 6.07) is 1.06. The predicted octanol–water partition coefficient (Wildman–Crippen LogP) is 2.11. The highest BCUT2D eigenvalue weighted by Gasteiger charge is 2.45. The highest BCUT2D eigenvalue weighted by Crippen LogP contribution is 2.38. The van der Waals surface area contributed by atoms with Crippen LogP contribution in [0.3, 0.4) is 0 Å². The summed E-state index contributed by atoms with van der Waals surface area (Å²) < 4.78 is 0.880. The lowest BCUT2D eigenvalue weighted by molar-refractivity contribution is -0.123. The molecule has 4 nitrogen and oxygen atoms in total. The van der Waals surface area contributed by atoms with Crippen molar-refractivity contribution < 1.29 is 9.59 Å². The van der Waals surface area contributed by atoms with Gasteiger partial charge in [0.2, 0.25) is 0 Å². The van der Waals surface area contributed by atoms with E-state index in [1.165, 1.54) is 0 Å². The van der Waals surface area contributed by atoms with Crippen LogP contribution in [0.5, 0.6) is 0 Å². The summed E-state index contributed by atoms with van der Waals surface area (Å²) in [5, 5.41) is 4.67. The molecule has 1 aliphatic rings. The molecule has 0 aromatic carbocycles. The zero-order valence-electron chi connectivity index (χ0n) is 7.56. The molecule has 2 heterocycles. The minimum absolute atomic E-state index is 0.403. The quantitative estimate of drug-likeness (QED) is 0.764. The lowest BCUT2D eigenvalue weighted by atomic mass is 9.95. The first-order valence-electron chi connectivity index (χ1n) is 4.02. The Kier molecular flexibility index (Phi) is 2.41. The van der Waals surface area contributed by atoms with Crippen LogP contribution in [0.15, 0.2) is 6.07 Å². The predicted molar refractivity (Wildman–Crippen MR) is 58.4 cm³/mol. The van der Waals surface area contributed by atoms with E-state index in [-0.39, 0.29) is 0 Å². The van der Waals surface area contributed by atoms with E-state index in [0.29, 0.717) is 14.2 Å². The number of halogens is 2. The maximum Gasteiger partial charge on any atom is 0.322 e. The van der Waals surface area contributed by atoms with E-state index in [9.17, 15) is 9.59 Å². The summed E-state index contributed by atoms with van der Waals surface area (Å²) in [4.78, 5) is 22.6. The molecule has 2 rings (SSSR count). The molecule has 1 fully saturated rings. The molecular formula is C8H6Cl2N2O2S. The SMILES string of the molecule is CC1(c2cc(Cl)sc2Cl)NC(=O)NC1=O. The van der Waals surface area contributed by atoms with E-state index in [1.54, 1.807) is 13.0 Å². The van der Waals surface area contributed by atoms with Crippen LogP contribution in [0.2, 0.25) is 8.67 Å². The lowest BCUT2D eigenvalue weighted by Gasteiger charge is -2.19. The summed E-state index contributed by atoms with van der Waals surface area (Å²) in [7, 11) is 0. The maximum atomic E-state index is 11.6. The van der Waals surface area contributed by atoms with Gasteiger partial charge in [0, 0.05) is 5.56 Å². The highest BCUT2D eigenvalue weighted by atomic mass is 35.5. The van der Waals surface area contributed by atoms with Crippen LogP contribution >= 0.6 is 34.5 Å². The number of imide groups is 1. The molecule has 3 amide bonds. The largest absolute Gasteiger partial charge is 0.322 e. The second-order valence-corrected chi connectivity index (χ2v) is 5.56. The maximum absolute atomic E-state index is 11.6. The summed E-state index contributed by atoms with van der Waals surface area (Å²) >= 11 is 12.9. The fraction of sp³-hybridized carbons (Fsp3) is 0.250. The number of rotatable bonds is 1. The van der Waals surface area contributed by atoms with Crippen molar-refractivity contribution in [2.75, 3.05) is 0 Å². The zero-order valence-corrected chi connectivity index (χ0v) is 9.89. The number of carbonyl (C=O) groups is 2. The number of hydrogen-bond donors (Lipinski definition) is 2. The first kappa shape index (κ1) is 10.7. The molecule has 0 aliphatic carbocycles. The number of thiophene rings is 1. The molecule has 1 aromatic rings. The van der Waals surface area contributed by atoms with Gasteiger partial charge in [-0.1, -0.05) is 23.2 Å². The molecule has 80 valence electrons. The summed E-state index contributed by atoms with van der Waals surface area (Å²) in [6.07, 6.45) is 0. The normalized spacial score (nSPS) is 25.3. The van der Waals surface area contributed by atoms with Crippen molar-refractivity contribution in [2.45, 2.75) is 12.5 Å². The molecule has 1 saturated heterocycles. The van der Waals surface area contributed by atoms with Crippen LogP contribution in [0.25, 0.3) is 0 Å². The Morgan fingerprint density at radius 2 is 2.07 bits per heavy atom. The first-order valence-corrected chi connectivity index (χ1v) is 5.59. The molecule has 15 heavy (non-hydrogen) atoms. The molecule has 0 spiro atoms. The third-order valence-corrected chi connectivity index (χ3v) is 3.73. The van der Waals surface area contributed by atoms with Gasteiger partial charge in [0.15, 0.2) is 0 Å². The molecule has 2 N–H and O–H groups in total. The van der Waals surface area contributed by atoms with Crippen LogP contribution in [0, 0.1) is 0 Å². The number of urea groups is 1. The minimum Gasteiger partial charge on any atom is -0.320 e. The van der Waals surface area contributed by atoms with E-state index in [4.69, 9.17) is 23.2 Å². The average molecular weight is 265 g/mol. The van der Waals surface area contributed by atoms with Crippen LogP contribution in [0.4, 0.5) is 4.79 Å². The van der Waals surface area contributed by atoms with Gasteiger partial charge in [-0.3, -0.25) is 10.1 Å². The van der Waals surface area contributed by atoms with E-state index in [2.05, 4.69) is 10.6 Å². The van der Waals surface area contributed by atoms with Crippen molar-refractivity contribution >= 4 is 46.5 Å². The van der Waals surface area contributed by atoms with Crippen LogP contribution < -0.4 is 10.6 Å². The molecule has 0 radical (unpaired) electrons. The molecule has 0 bridgehead atoms. The summed E-state index contributed by atoms with van der Waals surface area (Å²) in [6.45, 7) is 1.58.